The largest absolute Gasteiger partial charge is 0.478 e. The van der Waals surface area contributed by atoms with Gasteiger partial charge in [-0.25, -0.2) is 4.79 Å². The fraction of sp³-hybridized carbons (Fsp3) is 0.333. The molecule has 0 aliphatic carbocycles. The molecule has 0 radical (unpaired) electrons. The second-order valence-electron chi connectivity index (χ2n) is 3.06. The SMILES string of the molecule is CC(=CC(=O)O)Cn1c(C)csc1=O. The van der Waals surface area contributed by atoms with Gasteiger partial charge in [0.1, 0.15) is 0 Å². The number of carboxylic acid groups (broad SMARTS) is 1. The molecule has 1 rings (SSSR count). The molecule has 1 aromatic rings. The highest BCUT2D eigenvalue weighted by atomic mass is 32.1. The number of carbonyl (C=O) groups is 1. The van der Waals surface area contributed by atoms with Gasteiger partial charge in [-0.15, -0.1) is 0 Å². The van der Waals surface area contributed by atoms with Gasteiger partial charge in [0.15, 0.2) is 0 Å². The van der Waals surface area contributed by atoms with Crippen LogP contribution in [0.25, 0.3) is 0 Å². The summed E-state index contributed by atoms with van der Waals surface area (Å²) in [7, 11) is 0. The maximum Gasteiger partial charge on any atom is 0.328 e. The Hall–Kier alpha value is -1.36. The van der Waals surface area contributed by atoms with Crippen LogP contribution in [0.3, 0.4) is 0 Å². The van der Waals surface area contributed by atoms with Crippen LogP contribution in [0.1, 0.15) is 12.6 Å². The van der Waals surface area contributed by atoms with Crippen molar-refractivity contribution in [2.24, 2.45) is 0 Å². The van der Waals surface area contributed by atoms with Gasteiger partial charge in [-0.1, -0.05) is 11.3 Å². The first-order valence-corrected chi connectivity index (χ1v) is 4.93. The minimum absolute atomic E-state index is 0.0550. The molecule has 0 aliphatic rings. The molecule has 1 aromatic heterocycles. The quantitative estimate of drug-likeness (QED) is 0.769. The second kappa shape index (κ2) is 4.23. The lowest BCUT2D eigenvalue weighted by Gasteiger charge is -2.03. The molecule has 1 heterocycles. The van der Waals surface area contributed by atoms with Gasteiger partial charge in [0.2, 0.25) is 0 Å². The minimum Gasteiger partial charge on any atom is -0.478 e. The van der Waals surface area contributed by atoms with E-state index in [1.165, 1.54) is 0 Å². The fourth-order valence-corrected chi connectivity index (χ4v) is 1.84. The van der Waals surface area contributed by atoms with E-state index in [9.17, 15) is 9.59 Å². The van der Waals surface area contributed by atoms with Gasteiger partial charge >= 0.3 is 10.8 Å². The van der Waals surface area contributed by atoms with Crippen molar-refractivity contribution in [3.05, 3.63) is 32.4 Å². The summed E-state index contributed by atoms with van der Waals surface area (Å²) in [6.45, 7) is 3.87. The summed E-state index contributed by atoms with van der Waals surface area (Å²) in [5.41, 5.74) is 1.51. The average Bonchev–Trinajstić information content (AvgIpc) is 2.34. The van der Waals surface area contributed by atoms with Crippen LogP contribution in [0, 0.1) is 6.92 Å². The molecule has 76 valence electrons. The van der Waals surface area contributed by atoms with Crippen LogP contribution < -0.4 is 4.87 Å². The maximum atomic E-state index is 11.3. The number of carboxylic acids is 1. The smallest absolute Gasteiger partial charge is 0.328 e. The van der Waals surface area contributed by atoms with Crippen LogP contribution in [0.5, 0.6) is 0 Å². The molecule has 5 heteroatoms. The van der Waals surface area contributed by atoms with Gasteiger partial charge in [0.05, 0.1) is 0 Å². The molecule has 1 N–H and O–H groups in total. The molecule has 0 atom stereocenters. The molecular weight excluding hydrogens is 202 g/mol. The van der Waals surface area contributed by atoms with Crippen molar-refractivity contribution in [2.45, 2.75) is 20.4 Å². The number of hydrogen-bond acceptors (Lipinski definition) is 3. The number of thiazole rings is 1. The average molecular weight is 213 g/mol. The van der Waals surface area contributed by atoms with Crippen molar-refractivity contribution in [3.8, 4) is 0 Å². The molecule has 0 saturated heterocycles. The number of aliphatic carboxylic acids is 1. The second-order valence-corrected chi connectivity index (χ2v) is 3.88. The number of aromatic nitrogens is 1. The molecular formula is C9H11NO3S. The number of allylic oxidation sites excluding steroid dienone is 1. The van der Waals surface area contributed by atoms with Crippen LogP contribution in [0.4, 0.5) is 0 Å². The number of nitrogens with zero attached hydrogens (tertiary/aromatic N) is 1. The predicted molar refractivity (Wildman–Crippen MR) is 54.7 cm³/mol. The molecule has 0 unspecified atom stereocenters. The topological polar surface area (TPSA) is 59.3 Å². The predicted octanol–water partition coefficient (Wildman–Crippen LogP) is 1.25. The fourth-order valence-electron chi connectivity index (χ4n) is 1.10. The normalized spacial score (nSPS) is 11.7. The van der Waals surface area contributed by atoms with E-state index in [0.29, 0.717) is 12.1 Å². The van der Waals surface area contributed by atoms with E-state index in [1.807, 2.05) is 6.92 Å². The highest BCUT2D eigenvalue weighted by Gasteiger charge is 2.03. The van der Waals surface area contributed by atoms with Gasteiger partial charge in [0.25, 0.3) is 0 Å². The van der Waals surface area contributed by atoms with E-state index in [0.717, 1.165) is 23.1 Å². The molecule has 14 heavy (non-hydrogen) atoms. The first kappa shape index (κ1) is 10.7. The van der Waals surface area contributed by atoms with E-state index < -0.39 is 5.97 Å². The highest BCUT2D eigenvalue weighted by molar-refractivity contribution is 7.07. The van der Waals surface area contributed by atoms with Crippen molar-refractivity contribution in [2.75, 3.05) is 0 Å². The van der Waals surface area contributed by atoms with Crippen molar-refractivity contribution < 1.29 is 9.90 Å². The third kappa shape index (κ3) is 2.56. The Labute approximate surface area is 85.1 Å². The van der Waals surface area contributed by atoms with E-state index in [-0.39, 0.29) is 4.87 Å². The van der Waals surface area contributed by atoms with Crippen molar-refractivity contribution >= 4 is 17.3 Å². The summed E-state index contributed by atoms with van der Waals surface area (Å²) in [5.74, 6) is -0.983. The van der Waals surface area contributed by atoms with Gasteiger partial charge in [-0.2, -0.15) is 0 Å². The summed E-state index contributed by atoms with van der Waals surface area (Å²) < 4.78 is 1.56. The lowest BCUT2D eigenvalue weighted by atomic mass is 10.3. The molecule has 4 nitrogen and oxygen atoms in total. The molecule has 0 amide bonds. The number of hydrogen-bond donors (Lipinski definition) is 1. The maximum absolute atomic E-state index is 11.3. The van der Waals surface area contributed by atoms with Gasteiger partial charge in [-0.3, -0.25) is 9.36 Å². The molecule has 0 aliphatic heterocycles. The third-order valence-corrected chi connectivity index (χ3v) is 2.63. The van der Waals surface area contributed by atoms with Gasteiger partial charge < -0.3 is 5.11 Å². The Kier molecular flexibility index (Phi) is 3.24. The Morgan fingerprint density at radius 3 is 2.79 bits per heavy atom. The Morgan fingerprint density at radius 1 is 1.71 bits per heavy atom. The molecule has 0 fully saturated rings. The summed E-state index contributed by atoms with van der Waals surface area (Å²) >= 11 is 1.12. The highest BCUT2D eigenvalue weighted by Crippen LogP contribution is 2.03. The summed E-state index contributed by atoms with van der Waals surface area (Å²) in [5, 5.41) is 10.3. The Bertz CT molecular complexity index is 428. The lowest BCUT2D eigenvalue weighted by Crippen LogP contribution is -2.15. The van der Waals surface area contributed by atoms with Gasteiger partial charge in [-0.05, 0) is 19.4 Å². The lowest BCUT2D eigenvalue weighted by molar-refractivity contribution is -0.131. The van der Waals surface area contributed by atoms with Crippen LogP contribution in [0.15, 0.2) is 21.8 Å². The van der Waals surface area contributed by atoms with E-state index in [1.54, 1.807) is 16.9 Å². The first-order chi connectivity index (χ1) is 6.50. The van der Waals surface area contributed by atoms with Crippen molar-refractivity contribution in [1.82, 2.24) is 4.57 Å². The Morgan fingerprint density at radius 2 is 2.36 bits per heavy atom. The van der Waals surface area contributed by atoms with Crippen LogP contribution in [-0.2, 0) is 11.3 Å². The van der Waals surface area contributed by atoms with Crippen LogP contribution in [0.2, 0.25) is 0 Å². The number of aryl methyl sites for hydroxylation is 1. The zero-order valence-electron chi connectivity index (χ0n) is 7.98. The van der Waals surface area contributed by atoms with Crippen molar-refractivity contribution in [1.29, 1.82) is 0 Å². The van der Waals surface area contributed by atoms with E-state index in [4.69, 9.17) is 5.11 Å². The monoisotopic (exact) mass is 213 g/mol. The van der Waals surface area contributed by atoms with E-state index >= 15 is 0 Å². The molecule has 0 spiro atoms. The van der Waals surface area contributed by atoms with Crippen molar-refractivity contribution in [3.63, 3.8) is 0 Å². The van der Waals surface area contributed by atoms with E-state index in [2.05, 4.69) is 0 Å². The molecule has 0 saturated carbocycles. The summed E-state index contributed by atoms with van der Waals surface area (Å²) in [6.07, 6.45) is 1.11. The Balaban J connectivity index is 2.89. The third-order valence-electron chi connectivity index (χ3n) is 1.75. The summed E-state index contributed by atoms with van der Waals surface area (Å²) in [6, 6.07) is 0. The zero-order valence-corrected chi connectivity index (χ0v) is 8.80. The molecule has 0 aromatic carbocycles. The number of rotatable bonds is 3. The van der Waals surface area contributed by atoms with Crippen LogP contribution >= 0.6 is 11.3 Å². The minimum atomic E-state index is -0.983. The van der Waals surface area contributed by atoms with Gasteiger partial charge in [0, 0.05) is 23.7 Å². The first-order valence-electron chi connectivity index (χ1n) is 4.05. The standard InChI is InChI=1S/C9H11NO3S/c1-6(3-8(11)12)4-10-7(2)5-14-9(10)13/h3,5H,4H2,1-2H3,(H,11,12). The van der Waals surface area contributed by atoms with Crippen LogP contribution in [-0.4, -0.2) is 15.6 Å². The summed E-state index contributed by atoms with van der Waals surface area (Å²) in [4.78, 5) is 21.6. The molecule has 0 bridgehead atoms. The zero-order chi connectivity index (χ0) is 10.7.